The second-order valence-electron chi connectivity index (χ2n) is 3.90. The molecule has 1 aliphatic heterocycles. The van der Waals surface area contributed by atoms with Crippen molar-refractivity contribution in [3.8, 4) is 0 Å². The van der Waals surface area contributed by atoms with Crippen LogP contribution in [0.4, 0.5) is 0 Å². The lowest BCUT2D eigenvalue weighted by Crippen LogP contribution is -2.41. The van der Waals surface area contributed by atoms with E-state index in [1.54, 1.807) is 0 Å². The molecular formula is C9H12N2O5S2. The fourth-order valence-electron chi connectivity index (χ4n) is 1.82. The van der Waals surface area contributed by atoms with Crippen LogP contribution >= 0.6 is 11.8 Å². The Hall–Kier alpha value is -1.06. The molecule has 9 heteroatoms. The number of aliphatic carboxylic acids is 1. The summed E-state index contributed by atoms with van der Waals surface area (Å²) in [6.45, 7) is 3.01. The zero-order valence-corrected chi connectivity index (χ0v) is 11.4. The highest BCUT2D eigenvalue weighted by Crippen LogP contribution is 2.31. The van der Waals surface area contributed by atoms with E-state index in [-0.39, 0.29) is 28.0 Å². The first-order chi connectivity index (χ1) is 8.35. The molecule has 2 heterocycles. The molecule has 100 valence electrons. The van der Waals surface area contributed by atoms with E-state index in [1.807, 2.05) is 0 Å². The first-order valence-electron chi connectivity index (χ1n) is 5.11. The number of aryl methyl sites for hydroxylation is 2. The highest BCUT2D eigenvalue weighted by molar-refractivity contribution is 8.00. The van der Waals surface area contributed by atoms with Crippen LogP contribution in [-0.2, 0) is 14.8 Å². The Morgan fingerprint density at radius 3 is 2.72 bits per heavy atom. The minimum Gasteiger partial charge on any atom is -0.480 e. The second-order valence-corrected chi connectivity index (χ2v) is 6.73. The van der Waals surface area contributed by atoms with Crippen molar-refractivity contribution in [3.05, 3.63) is 11.5 Å². The quantitative estimate of drug-likeness (QED) is 0.862. The Kier molecular flexibility index (Phi) is 3.39. The minimum atomic E-state index is -3.88. The Morgan fingerprint density at radius 2 is 2.22 bits per heavy atom. The van der Waals surface area contributed by atoms with E-state index < -0.39 is 22.0 Å². The molecule has 0 aromatic carbocycles. The Labute approximate surface area is 108 Å². The van der Waals surface area contributed by atoms with Crippen molar-refractivity contribution in [1.82, 2.24) is 9.46 Å². The molecule has 0 spiro atoms. The van der Waals surface area contributed by atoms with Crippen molar-refractivity contribution in [2.24, 2.45) is 0 Å². The zero-order chi connectivity index (χ0) is 13.5. The first kappa shape index (κ1) is 13.4. The highest BCUT2D eigenvalue weighted by atomic mass is 32.2. The predicted molar refractivity (Wildman–Crippen MR) is 63.8 cm³/mol. The molecule has 0 saturated carbocycles. The number of carboxylic acids is 1. The number of sulfonamides is 1. The molecule has 0 bridgehead atoms. The van der Waals surface area contributed by atoms with E-state index >= 15 is 0 Å². The van der Waals surface area contributed by atoms with E-state index in [4.69, 9.17) is 9.63 Å². The van der Waals surface area contributed by atoms with Crippen LogP contribution in [0.3, 0.4) is 0 Å². The normalized spacial score (nSPS) is 21.3. The largest absolute Gasteiger partial charge is 0.480 e. The van der Waals surface area contributed by atoms with Gasteiger partial charge in [-0.3, -0.25) is 4.79 Å². The summed E-state index contributed by atoms with van der Waals surface area (Å²) in [5.74, 6) is -0.592. The molecule has 0 aliphatic carbocycles. The number of carboxylic acid groups (broad SMARTS) is 1. The topological polar surface area (TPSA) is 101 Å². The van der Waals surface area contributed by atoms with Crippen LogP contribution in [0.1, 0.15) is 11.5 Å². The number of hydrogen-bond donors (Lipinski definition) is 1. The molecule has 1 aromatic heterocycles. The monoisotopic (exact) mass is 292 g/mol. The van der Waals surface area contributed by atoms with Crippen molar-refractivity contribution in [3.63, 3.8) is 0 Å². The summed E-state index contributed by atoms with van der Waals surface area (Å²) >= 11 is 1.27. The number of carbonyl (C=O) groups is 1. The van der Waals surface area contributed by atoms with Crippen molar-refractivity contribution in [1.29, 1.82) is 0 Å². The third kappa shape index (κ3) is 2.02. The van der Waals surface area contributed by atoms with Gasteiger partial charge in [-0.2, -0.15) is 4.31 Å². The van der Waals surface area contributed by atoms with Gasteiger partial charge in [-0.05, 0) is 13.8 Å². The summed E-state index contributed by atoms with van der Waals surface area (Å²) in [5.41, 5.74) is 0.244. The lowest BCUT2D eigenvalue weighted by Gasteiger charge is -2.19. The number of rotatable bonds is 3. The molecule has 1 aliphatic rings. The number of nitrogens with zero attached hydrogens (tertiary/aromatic N) is 2. The summed E-state index contributed by atoms with van der Waals surface area (Å²) in [5, 5.41) is 12.6. The molecule has 1 fully saturated rings. The van der Waals surface area contributed by atoms with Gasteiger partial charge in [0, 0.05) is 5.75 Å². The third-order valence-corrected chi connectivity index (χ3v) is 5.94. The van der Waals surface area contributed by atoms with Crippen LogP contribution in [0.5, 0.6) is 0 Å². The van der Waals surface area contributed by atoms with Gasteiger partial charge in [-0.1, -0.05) is 5.16 Å². The molecule has 7 nitrogen and oxygen atoms in total. The second kappa shape index (κ2) is 4.56. The van der Waals surface area contributed by atoms with Crippen molar-refractivity contribution < 1.29 is 22.8 Å². The van der Waals surface area contributed by atoms with Gasteiger partial charge in [0.1, 0.15) is 16.6 Å². The maximum Gasteiger partial charge on any atom is 0.322 e. The SMILES string of the molecule is Cc1noc(C)c1S(=O)(=O)N1CSC[C@@H]1C(=O)O. The molecule has 0 amide bonds. The summed E-state index contributed by atoms with van der Waals surface area (Å²) in [4.78, 5) is 11.0. The van der Waals surface area contributed by atoms with Crippen molar-refractivity contribution >= 4 is 27.8 Å². The molecule has 18 heavy (non-hydrogen) atoms. The highest BCUT2D eigenvalue weighted by Gasteiger charge is 2.42. The molecule has 1 saturated heterocycles. The number of hydrogen-bond acceptors (Lipinski definition) is 6. The van der Waals surface area contributed by atoms with Crippen LogP contribution in [0.25, 0.3) is 0 Å². The van der Waals surface area contributed by atoms with Crippen molar-refractivity contribution in [2.45, 2.75) is 24.8 Å². The van der Waals surface area contributed by atoms with Crippen LogP contribution in [-0.4, -0.2) is 46.6 Å². The maximum atomic E-state index is 12.4. The minimum absolute atomic E-state index is 0.0312. The van der Waals surface area contributed by atoms with Gasteiger partial charge < -0.3 is 9.63 Å². The standard InChI is InChI=1S/C9H12N2O5S2/c1-5-8(6(2)16-10-5)18(14,15)11-4-17-3-7(11)9(12)13/h7H,3-4H2,1-2H3,(H,12,13)/t7-/m1/s1. The maximum absolute atomic E-state index is 12.4. The van der Waals surface area contributed by atoms with Gasteiger partial charge in [-0.25, -0.2) is 8.42 Å². The van der Waals surface area contributed by atoms with E-state index in [0.717, 1.165) is 4.31 Å². The molecule has 1 aromatic rings. The number of thioether (sulfide) groups is 1. The van der Waals surface area contributed by atoms with E-state index in [1.165, 1.54) is 25.6 Å². The van der Waals surface area contributed by atoms with Gasteiger partial charge in [0.25, 0.3) is 0 Å². The average Bonchev–Trinajstić information content (AvgIpc) is 2.85. The summed E-state index contributed by atoms with van der Waals surface area (Å²) in [6, 6.07) is -1.03. The Balaban J connectivity index is 2.46. The molecule has 1 atom stereocenters. The van der Waals surface area contributed by atoms with Crippen LogP contribution in [0, 0.1) is 13.8 Å². The Morgan fingerprint density at radius 1 is 1.56 bits per heavy atom. The first-order valence-corrected chi connectivity index (χ1v) is 7.70. The van der Waals surface area contributed by atoms with Crippen LogP contribution < -0.4 is 0 Å². The predicted octanol–water partition coefficient (Wildman–Crippen LogP) is 0.440. The summed E-state index contributed by atoms with van der Waals surface area (Å²) in [7, 11) is -3.88. The van der Waals surface area contributed by atoms with E-state index in [9.17, 15) is 13.2 Å². The zero-order valence-electron chi connectivity index (χ0n) is 9.78. The van der Waals surface area contributed by atoms with Gasteiger partial charge in [0.05, 0.1) is 5.88 Å². The molecule has 0 unspecified atom stereocenters. The third-order valence-electron chi connectivity index (χ3n) is 2.66. The van der Waals surface area contributed by atoms with Crippen LogP contribution in [0.15, 0.2) is 9.42 Å². The fraction of sp³-hybridized carbons (Fsp3) is 0.556. The Bertz CT molecular complexity index is 560. The number of aromatic nitrogens is 1. The van der Waals surface area contributed by atoms with Gasteiger partial charge in [0.2, 0.25) is 10.0 Å². The lowest BCUT2D eigenvalue weighted by atomic mass is 10.4. The summed E-state index contributed by atoms with van der Waals surface area (Å²) < 4.78 is 30.6. The van der Waals surface area contributed by atoms with Crippen molar-refractivity contribution in [2.75, 3.05) is 11.6 Å². The van der Waals surface area contributed by atoms with Gasteiger partial charge >= 0.3 is 5.97 Å². The van der Waals surface area contributed by atoms with Crippen LogP contribution in [0.2, 0.25) is 0 Å². The lowest BCUT2D eigenvalue weighted by molar-refractivity contribution is -0.140. The van der Waals surface area contributed by atoms with E-state index in [0.29, 0.717) is 0 Å². The fourth-order valence-corrected chi connectivity index (χ4v) is 5.25. The molecular weight excluding hydrogens is 280 g/mol. The molecule has 1 N–H and O–H groups in total. The van der Waals surface area contributed by atoms with Gasteiger partial charge in [-0.15, -0.1) is 11.8 Å². The molecule has 2 rings (SSSR count). The van der Waals surface area contributed by atoms with Gasteiger partial charge in [0.15, 0.2) is 5.76 Å². The molecule has 0 radical (unpaired) electrons. The summed E-state index contributed by atoms with van der Waals surface area (Å²) in [6.07, 6.45) is 0. The average molecular weight is 292 g/mol. The van der Waals surface area contributed by atoms with E-state index in [2.05, 4.69) is 5.16 Å². The smallest absolute Gasteiger partial charge is 0.322 e.